The van der Waals surface area contributed by atoms with Crippen molar-refractivity contribution in [2.45, 2.75) is 4.43 Å². The van der Waals surface area contributed by atoms with Crippen molar-refractivity contribution in [2.75, 3.05) is 0 Å². The van der Waals surface area contributed by atoms with E-state index in [2.05, 4.69) is 11.0 Å². The average molecular weight is 267 g/mol. The van der Waals surface area contributed by atoms with Crippen LogP contribution in [-0.2, 0) is 18.6 Å². The summed E-state index contributed by atoms with van der Waals surface area (Å²) in [7, 11) is 1.38. The van der Waals surface area contributed by atoms with Gasteiger partial charge in [-0.3, -0.25) is 0 Å². The van der Waals surface area contributed by atoms with Crippen molar-refractivity contribution in [3.63, 3.8) is 0 Å². The molecule has 0 atom stereocenters. The van der Waals surface area contributed by atoms with Crippen LogP contribution >= 0.6 is 0 Å². The molecule has 0 N–H and O–H groups in total. The van der Waals surface area contributed by atoms with Gasteiger partial charge in [0.1, 0.15) is 0 Å². The van der Waals surface area contributed by atoms with Gasteiger partial charge in [0.2, 0.25) is 0 Å². The van der Waals surface area contributed by atoms with Crippen LogP contribution in [0.1, 0.15) is 0 Å². The molecule has 0 aliphatic carbocycles. The molecule has 0 amide bonds. The van der Waals surface area contributed by atoms with Crippen LogP contribution in [0.3, 0.4) is 0 Å². The van der Waals surface area contributed by atoms with Crippen LogP contribution in [0.15, 0.2) is 11.0 Å². The third-order valence-corrected chi connectivity index (χ3v) is 3.92. The molecule has 0 saturated heterocycles. The zero-order valence-corrected chi connectivity index (χ0v) is 7.58. The summed E-state index contributed by atoms with van der Waals surface area (Å²) in [5.74, 6) is 0. The summed E-state index contributed by atoms with van der Waals surface area (Å²) in [6, 6.07) is 0. The minimum atomic E-state index is 0.449. The second-order valence-corrected chi connectivity index (χ2v) is 7.60. The van der Waals surface area contributed by atoms with Crippen LogP contribution in [0.25, 0.3) is 0 Å². The molecule has 34 valence electrons. The fourth-order valence-corrected chi connectivity index (χ4v) is 2.24. The van der Waals surface area contributed by atoms with Gasteiger partial charge in [0.25, 0.3) is 0 Å². The molecule has 0 aromatic heterocycles. The van der Waals surface area contributed by atoms with E-state index in [4.69, 9.17) is 0 Å². The van der Waals surface area contributed by atoms with Crippen molar-refractivity contribution in [3.05, 3.63) is 11.0 Å². The van der Waals surface area contributed by atoms with E-state index in [1.807, 2.05) is 0 Å². The fourth-order valence-electron chi connectivity index (χ4n) is 0.0913. The predicted molar refractivity (Wildman–Crippen MR) is 24.9 cm³/mol. The van der Waals surface area contributed by atoms with Crippen LogP contribution in [0, 0.1) is 0 Å². The first-order valence-electron chi connectivity index (χ1n) is 1.52. The van der Waals surface area contributed by atoms with Gasteiger partial charge in [-0.05, 0) is 0 Å². The number of hydrogen-bond donors (Lipinski definition) is 0. The van der Waals surface area contributed by atoms with Gasteiger partial charge in [-0.1, -0.05) is 0 Å². The zero-order valence-electron chi connectivity index (χ0n) is 3.31. The first-order valence-corrected chi connectivity index (χ1v) is 5.85. The Hall–Kier alpha value is 0.645. The number of rotatable bonds is 2. The molecule has 0 saturated carbocycles. The van der Waals surface area contributed by atoms with E-state index in [1.54, 1.807) is 0 Å². The summed E-state index contributed by atoms with van der Waals surface area (Å²) in [6.07, 6.45) is 0. The Morgan fingerprint density at radius 2 is 2.60 bits per heavy atom. The van der Waals surface area contributed by atoms with Crippen molar-refractivity contribution >= 4 is 10.2 Å². The van der Waals surface area contributed by atoms with E-state index in [0.717, 1.165) is 0 Å². The summed E-state index contributed by atoms with van der Waals surface area (Å²) in [4.78, 5) is 0. The normalized spacial score (nSPS) is 8.80. The van der Waals surface area contributed by atoms with Gasteiger partial charge in [0.15, 0.2) is 0 Å². The summed E-state index contributed by atoms with van der Waals surface area (Å²) in [5.41, 5.74) is 0. The molecule has 0 aromatic carbocycles. The minimum absolute atomic E-state index is 0.449. The van der Waals surface area contributed by atoms with E-state index in [0.29, 0.717) is 18.6 Å². The van der Waals surface area contributed by atoms with E-state index >= 15 is 0 Å². The van der Waals surface area contributed by atoms with Crippen LogP contribution in [-0.4, -0.2) is 10.2 Å². The van der Waals surface area contributed by atoms with Crippen LogP contribution in [0.4, 0.5) is 0 Å². The number of hydrogen-bond acceptors (Lipinski definition) is 0. The maximum atomic E-state index is 3.62. The summed E-state index contributed by atoms with van der Waals surface area (Å²) >= 11 is 0.449. The fraction of sp³-hybridized carbons (Fsp3) is 0.333. The van der Waals surface area contributed by atoms with E-state index in [1.165, 1.54) is 14.7 Å². The van der Waals surface area contributed by atoms with Gasteiger partial charge < -0.3 is 0 Å². The molecule has 0 unspecified atom stereocenters. The van der Waals surface area contributed by atoms with Gasteiger partial charge in [0, 0.05) is 0 Å². The van der Waals surface area contributed by atoms with Gasteiger partial charge in [0.05, 0.1) is 0 Å². The van der Waals surface area contributed by atoms with Crippen LogP contribution in [0.2, 0.25) is 4.43 Å². The molecule has 0 aliphatic heterocycles. The molecule has 0 bridgehead atoms. The Labute approximate surface area is 44.6 Å². The molecule has 0 heterocycles. The topological polar surface area (TPSA) is 0 Å². The van der Waals surface area contributed by atoms with Gasteiger partial charge in [-0.15, -0.1) is 0 Å². The Morgan fingerprint density at radius 3 is 2.60 bits per heavy atom. The Kier molecular flexibility index (Phi) is 5.24. The SMILES string of the molecule is C=[CH][Pt][CH2][SiH3]. The third kappa shape index (κ3) is 4.65. The summed E-state index contributed by atoms with van der Waals surface area (Å²) in [6.45, 7) is 3.62. The monoisotopic (exact) mass is 267 g/mol. The molecule has 0 aliphatic rings. The molecule has 0 nitrogen and oxygen atoms in total. The molecule has 5 heavy (non-hydrogen) atoms. The van der Waals surface area contributed by atoms with Crippen LogP contribution in [0.5, 0.6) is 0 Å². The standard InChI is InChI=1S/C2H3.CH5Si.Pt/c2*1-2;/h1H,2H2;1H2,2H3;. The van der Waals surface area contributed by atoms with Crippen molar-refractivity contribution < 1.29 is 18.6 Å². The van der Waals surface area contributed by atoms with Gasteiger partial charge in [-0.25, -0.2) is 0 Å². The van der Waals surface area contributed by atoms with Crippen molar-refractivity contribution in [2.24, 2.45) is 0 Å². The van der Waals surface area contributed by atoms with E-state index in [9.17, 15) is 0 Å². The Bertz CT molecular complexity index is 28.1. The first-order chi connectivity index (χ1) is 2.41. The van der Waals surface area contributed by atoms with Crippen LogP contribution < -0.4 is 0 Å². The second kappa shape index (κ2) is 4.65. The molecule has 0 rings (SSSR count). The molecule has 0 spiro atoms. The van der Waals surface area contributed by atoms with Gasteiger partial charge >= 0.3 is 44.3 Å². The van der Waals surface area contributed by atoms with Crippen molar-refractivity contribution in [1.29, 1.82) is 0 Å². The molecular weight excluding hydrogens is 259 g/mol. The quantitative estimate of drug-likeness (QED) is 0.616. The third-order valence-electron chi connectivity index (χ3n) is 0.220. The second-order valence-electron chi connectivity index (χ2n) is 0.482. The molecule has 0 radical (unpaired) electrons. The molecule has 2 heteroatoms. The van der Waals surface area contributed by atoms with E-state index < -0.39 is 0 Å². The summed E-state index contributed by atoms with van der Waals surface area (Å²) < 4.78 is 3.55. The van der Waals surface area contributed by atoms with E-state index in [-0.39, 0.29) is 0 Å². The summed E-state index contributed by atoms with van der Waals surface area (Å²) in [5, 5.41) is 0. The molecular formula is C3H8PtSi. The first kappa shape index (κ1) is 5.65. The van der Waals surface area contributed by atoms with Crippen molar-refractivity contribution in [3.8, 4) is 0 Å². The van der Waals surface area contributed by atoms with Crippen molar-refractivity contribution in [1.82, 2.24) is 0 Å². The zero-order chi connectivity index (χ0) is 4.12. The average Bonchev–Trinajstić information content (AvgIpc) is 1.41. The predicted octanol–water partition coefficient (Wildman–Crippen LogP) is -0.0464. The Balaban J connectivity index is 2.40. The Morgan fingerprint density at radius 1 is 2.00 bits per heavy atom. The van der Waals surface area contributed by atoms with Gasteiger partial charge in [-0.2, -0.15) is 0 Å². The molecule has 0 fully saturated rings. The molecule has 0 aromatic rings. The maximum absolute atomic E-state index is 3.62.